The number of amides is 1. The summed E-state index contributed by atoms with van der Waals surface area (Å²) >= 11 is 0. The summed E-state index contributed by atoms with van der Waals surface area (Å²) in [6.07, 6.45) is 5.73. The number of nitrogens with zero attached hydrogens (tertiary/aromatic N) is 3. The second-order valence-electron chi connectivity index (χ2n) is 6.67. The number of carbonyl (C=O) groups is 1. The number of carboxylic acid groups (broad SMARTS) is 1. The lowest BCUT2D eigenvalue weighted by atomic mass is 10.0. The standard InChI is InChI=1S/C20H21N5O3/c1-2-12-3-5-21-9-15(12)17-7-13-8-18(23-14-4-6-28-11-14)22-10-16(13)19(24-17)25-20(26)27/h3,5,7-10,14H,2,4,6,11H2,1H3,(H,22,23)(H,24,25)(H,26,27)/t14-/m0/s1. The van der Waals surface area contributed by atoms with Crippen LogP contribution >= 0.6 is 0 Å². The van der Waals surface area contributed by atoms with Gasteiger partial charge in [-0.15, -0.1) is 0 Å². The molecule has 0 bridgehead atoms. The van der Waals surface area contributed by atoms with Crippen molar-refractivity contribution in [2.75, 3.05) is 23.8 Å². The van der Waals surface area contributed by atoms with E-state index in [0.717, 1.165) is 41.8 Å². The van der Waals surface area contributed by atoms with Gasteiger partial charge >= 0.3 is 6.09 Å². The van der Waals surface area contributed by atoms with E-state index in [0.29, 0.717) is 17.7 Å². The Hall–Kier alpha value is -3.26. The molecule has 0 unspecified atom stereocenters. The molecule has 8 heteroatoms. The maximum absolute atomic E-state index is 11.3. The first-order valence-electron chi connectivity index (χ1n) is 9.22. The van der Waals surface area contributed by atoms with Crippen molar-refractivity contribution < 1.29 is 14.6 Å². The molecule has 1 fully saturated rings. The highest BCUT2D eigenvalue weighted by molar-refractivity contribution is 6.00. The smallest absolute Gasteiger partial charge is 0.410 e. The van der Waals surface area contributed by atoms with Crippen molar-refractivity contribution in [2.24, 2.45) is 0 Å². The van der Waals surface area contributed by atoms with Gasteiger partial charge in [0.2, 0.25) is 0 Å². The minimum Gasteiger partial charge on any atom is -0.465 e. The molecular weight excluding hydrogens is 358 g/mol. The number of anilines is 2. The Morgan fingerprint density at radius 2 is 2.25 bits per heavy atom. The van der Waals surface area contributed by atoms with Crippen LogP contribution in [0.3, 0.4) is 0 Å². The fourth-order valence-electron chi connectivity index (χ4n) is 3.38. The zero-order valence-corrected chi connectivity index (χ0v) is 15.5. The molecule has 3 aromatic heterocycles. The average Bonchev–Trinajstić information content (AvgIpc) is 3.20. The van der Waals surface area contributed by atoms with Crippen LogP contribution in [-0.2, 0) is 11.2 Å². The van der Waals surface area contributed by atoms with Crippen LogP contribution in [0.15, 0.2) is 36.8 Å². The number of aryl methyl sites for hydroxylation is 1. The minimum atomic E-state index is -1.17. The molecule has 0 radical (unpaired) electrons. The maximum Gasteiger partial charge on any atom is 0.410 e. The minimum absolute atomic E-state index is 0.230. The summed E-state index contributed by atoms with van der Waals surface area (Å²) in [5.41, 5.74) is 2.65. The number of nitrogens with one attached hydrogen (secondary N) is 2. The highest BCUT2D eigenvalue weighted by Crippen LogP contribution is 2.30. The van der Waals surface area contributed by atoms with Gasteiger partial charge in [-0.05, 0) is 42.0 Å². The van der Waals surface area contributed by atoms with Crippen molar-refractivity contribution in [1.29, 1.82) is 0 Å². The number of pyridine rings is 3. The Morgan fingerprint density at radius 1 is 1.36 bits per heavy atom. The van der Waals surface area contributed by atoms with Gasteiger partial charge in [0.1, 0.15) is 11.6 Å². The van der Waals surface area contributed by atoms with Crippen molar-refractivity contribution in [2.45, 2.75) is 25.8 Å². The molecule has 3 N–H and O–H groups in total. The Bertz CT molecular complexity index is 1020. The Kier molecular flexibility index (Phi) is 5.03. The topological polar surface area (TPSA) is 109 Å². The van der Waals surface area contributed by atoms with E-state index in [2.05, 4.69) is 32.5 Å². The van der Waals surface area contributed by atoms with E-state index in [1.807, 2.05) is 18.2 Å². The van der Waals surface area contributed by atoms with E-state index < -0.39 is 6.09 Å². The van der Waals surface area contributed by atoms with Gasteiger partial charge in [0.05, 0.1) is 18.3 Å². The van der Waals surface area contributed by atoms with Crippen LogP contribution in [0.2, 0.25) is 0 Å². The SMILES string of the molecule is CCc1ccncc1-c1cc2cc(N[C@H]3CCOC3)ncc2c(NC(=O)O)n1. The predicted molar refractivity (Wildman–Crippen MR) is 107 cm³/mol. The number of rotatable bonds is 5. The Morgan fingerprint density at radius 3 is 3.00 bits per heavy atom. The summed E-state index contributed by atoms with van der Waals surface area (Å²) in [7, 11) is 0. The molecule has 0 saturated carbocycles. The fraction of sp³-hybridized carbons (Fsp3) is 0.300. The van der Waals surface area contributed by atoms with Crippen LogP contribution in [0.5, 0.6) is 0 Å². The molecule has 4 heterocycles. The molecule has 0 spiro atoms. The molecule has 1 amide bonds. The summed E-state index contributed by atoms with van der Waals surface area (Å²) in [5, 5.41) is 16.5. The van der Waals surface area contributed by atoms with Crippen LogP contribution < -0.4 is 10.6 Å². The predicted octanol–water partition coefficient (Wildman–Crippen LogP) is 3.54. The van der Waals surface area contributed by atoms with E-state index >= 15 is 0 Å². The summed E-state index contributed by atoms with van der Waals surface area (Å²) in [4.78, 5) is 24.4. The van der Waals surface area contributed by atoms with E-state index in [1.165, 1.54) is 0 Å². The van der Waals surface area contributed by atoms with E-state index in [4.69, 9.17) is 4.74 Å². The lowest BCUT2D eigenvalue weighted by Crippen LogP contribution is -2.19. The van der Waals surface area contributed by atoms with Gasteiger partial charge in [-0.25, -0.2) is 14.8 Å². The first-order chi connectivity index (χ1) is 13.6. The van der Waals surface area contributed by atoms with E-state index in [1.54, 1.807) is 18.6 Å². The quantitative estimate of drug-likeness (QED) is 0.622. The average molecular weight is 379 g/mol. The summed E-state index contributed by atoms with van der Waals surface area (Å²) < 4.78 is 5.40. The molecule has 1 atom stereocenters. The third-order valence-electron chi connectivity index (χ3n) is 4.79. The van der Waals surface area contributed by atoms with Gasteiger partial charge in [0, 0.05) is 36.1 Å². The first kappa shape index (κ1) is 18.1. The summed E-state index contributed by atoms with van der Waals surface area (Å²) in [5.74, 6) is 0.984. The second kappa shape index (κ2) is 7.77. The van der Waals surface area contributed by atoms with E-state index in [9.17, 15) is 9.90 Å². The first-order valence-corrected chi connectivity index (χ1v) is 9.22. The molecule has 144 valence electrons. The second-order valence-corrected chi connectivity index (χ2v) is 6.67. The third kappa shape index (κ3) is 3.72. The Balaban J connectivity index is 1.81. The van der Waals surface area contributed by atoms with Gasteiger partial charge < -0.3 is 15.2 Å². The van der Waals surface area contributed by atoms with Crippen molar-refractivity contribution in [3.05, 3.63) is 42.4 Å². The van der Waals surface area contributed by atoms with Gasteiger partial charge in [-0.1, -0.05) is 6.92 Å². The summed E-state index contributed by atoms with van der Waals surface area (Å²) in [6, 6.07) is 6.03. The molecule has 1 saturated heterocycles. The molecule has 3 aromatic rings. The lowest BCUT2D eigenvalue weighted by molar-refractivity contribution is 0.195. The number of aromatic nitrogens is 3. The molecule has 28 heavy (non-hydrogen) atoms. The molecule has 1 aliphatic heterocycles. The van der Waals surface area contributed by atoms with Crippen molar-refractivity contribution in [3.63, 3.8) is 0 Å². The van der Waals surface area contributed by atoms with Gasteiger partial charge in [0.25, 0.3) is 0 Å². The largest absolute Gasteiger partial charge is 0.465 e. The van der Waals surface area contributed by atoms with Gasteiger partial charge in [0.15, 0.2) is 0 Å². The molecule has 4 rings (SSSR count). The zero-order valence-electron chi connectivity index (χ0n) is 15.5. The Labute approximate surface area is 162 Å². The van der Waals surface area contributed by atoms with Crippen LogP contribution in [-0.4, -0.2) is 45.4 Å². The van der Waals surface area contributed by atoms with Crippen LogP contribution in [0.25, 0.3) is 22.0 Å². The molecule has 0 aliphatic carbocycles. The number of ether oxygens (including phenoxy) is 1. The zero-order chi connectivity index (χ0) is 19.5. The van der Waals surface area contributed by atoms with Crippen LogP contribution in [0, 0.1) is 0 Å². The molecule has 1 aliphatic rings. The van der Waals surface area contributed by atoms with Crippen LogP contribution in [0.4, 0.5) is 16.4 Å². The number of hydrogen-bond donors (Lipinski definition) is 3. The monoisotopic (exact) mass is 379 g/mol. The van der Waals surface area contributed by atoms with Gasteiger partial charge in [-0.3, -0.25) is 10.3 Å². The molecule has 8 nitrogen and oxygen atoms in total. The van der Waals surface area contributed by atoms with Crippen LogP contribution in [0.1, 0.15) is 18.9 Å². The lowest BCUT2D eigenvalue weighted by Gasteiger charge is -2.14. The fourth-order valence-corrected chi connectivity index (χ4v) is 3.38. The summed E-state index contributed by atoms with van der Waals surface area (Å²) in [6.45, 7) is 3.46. The normalized spacial score (nSPS) is 16.2. The highest BCUT2D eigenvalue weighted by atomic mass is 16.5. The molecular formula is C20H21N5O3. The van der Waals surface area contributed by atoms with Gasteiger partial charge in [-0.2, -0.15) is 0 Å². The van der Waals surface area contributed by atoms with Crippen molar-refractivity contribution in [3.8, 4) is 11.3 Å². The highest BCUT2D eigenvalue weighted by Gasteiger charge is 2.17. The number of hydrogen-bond acceptors (Lipinski definition) is 6. The van der Waals surface area contributed by atoms with E-state index in [-0.39, 0.29) is 11.9 Å². The third-order valence-corrected chi connectivity index (χ3v) is 4.79. The van der Waals surface area contributed by atoms with Crippen molar-refractivity contribution >= 4 is 28.5 Å². The number of fused-ring (bicyclic) bond motifs is 1. The maximum atomic E-state index is 11.3. The molecule has 0 aromatic carbocycles. The van der Waals surface area contributed by atoms with Crippen molar-refractivity contribution in [1.82, 2.24) is 15.0 Å².